The third-order valence-electron chi connectivity index (χ3n) is 7.61. The predicted molar refractivity (Wildman–Crippen MR) is 148 cm³/mol. The van der Waals surface area contributed by atoms with Crippen molar-refractivity contribution in [2.75, 3.05) is 36.5 Å². The molecule has 0 aromatic heterocycles. The zero-order chi connectivity index (χ0) is 29.9. The third-order valence-corrected chi connectivity index (χ3v) is 7.61. The van der Waals surface area contributed by atoms with E-state index in [4.69, 9.17) is 0 Å². The molecule has 2 aliphatic heterocycles. The van der Waals surface area contributed by atoms with E-state index in [-0.39, 0.29) is 44.3 Å². The Labute approximate surface area is 239 Å². The molecular weight excluding hydrogens is 554 g/mol. The second-order valence-corrected chi connectivity index (χ2v) is 10.3. The van der Waals surface area contributed by atoms with Crippen molar-refractivity contribution in [2.45, 2.75) is 31.1 Å². The van der Waals surface area contributed by atoms with Crippen LogP contribution in [0.4, 0.5) is 33.7 Å². The summed E-state index contributed by atoms with van der Waals surface area (Å²) >= 11 is 0. The Kier molecular flexibility index (Phi) is 8.06. The highest BCUT2D eigenvalue weighted by atomic mass is 19.4. The number of alkyl halides is 3. The van der Waals surface area contributed by atoms with Crippen LogP contribution in [0.25, 0.3) is 0 Å². The first-order chi connectivity index (χ1) is 20.0. The average molecular weight is 584 g/mol. The lowest BCUT2D eigenvalue weighted by molar-refractivity contribution is -0.138. The number of carbonyl (C=O) groups excluding carboxylic acids is 3. The molecule has 0 atom stereocenters. The van der Waals surface area contributed by atoms with Gasteiger partial charge in [0, 0.05) is 31.0 Å². The predicted octanol–water partition coefficient (Wildman–Crippen LogP) is 4.83. The molecule has 0 unspecified atom stereocenters. The van der Waals surface area contributed by atoms with E-state index in [1.807, 2.05) is 35.2 Å². The van der Waals surface area contributed by atoms with Gasteiger partial charge in [0.05, 0.1) is 12.2 Å². The first-order valence-corrected chi connectivity index (χ1v) is 13.4. The lowest BCUT2D eigenvalue weighted by atomic mass is 9.85. The van der Waals surface area contributed by atoms with Crippen LogP contribution in [0.15, 0.2) is 78.9 Å². The quantitative estimate of drug-likeness (QED) is 0.407. The summed E-state index contributed by atoms with van der Waals surface area (Å²) in [6, 6.07) is 19.2. The molecule has 2 heterocycles. The van der Waals surface area contributed by atoms with Crippen LogP contribution in [0.1, 0.15) is 24.0 Å². The smallest absolute Gasteiger partial charge is 0.350 e. The molecule has 0 radical (unpaired) electrons. The van der Waals surface area contributed by atoms with Crippen molar-refractivity contribution in [3.8, 4) is 0 Å². The van der Waals surface area contributed by atoms with Crippen LogP contribution in [-0.2, 0) is 22.3 Å². The van der Waals surface area contributed by atoms with Crippen LogP contribution in [-0.4, -0.2) is 59.5 Å². The zero-order valence-corrected chi connectivity index (χ0v) is 22.5. The molecule has 2 N–H and O–H groups in total. The summed E-state index contributed by atoms with van der Waals surface area (Å²) < 4.78 is 52.7. The van der Waals surface area contributed by atoms with Gasteiger partial charge in [-0.3, -0.25) is 9.59 Å². The number of para-hydroxylation sites is 1. The molecule has 0 aliphatic carbocycles. The van der Waals surface area contributed by atoms with E-state index in [9.17, 15) is 31.9 Å². The lowest BCUT2D eigenvalue weighted by Crippen LogP contribution is -2.58. The number of piperidine rings is 1. The Morgan fingerprint density at radius 3 is 2.31 bits per heavy atom. The van der Waals surface area contributed by atoms with Crippen LogP contribution < -0.4 is 15.5 Å². The molecule has 4 amide bonds. The Morgan fingerprint density at radius 1 is 0.905 bits per heavy atom. The number of urea groups is 1. The van der Waals surface area contributed by atoms with E-state index >= 15 is 0 Å². The van der Waals surface area contributed by atoms with Gasteiger partial charge >= 0.3 is 12.2 Å². The molecule has 3 aromatic carbocycles. The Hall–Kier alpha value is -4.61. The van der Waals surface area contributed by atoms with Crippen LogP contribution in [0.3, 0.4) is 0 Å². The van der Waals surface area contributed by atoms with Gasteiger partial charge in [-0.05, 0) is 60.9 Å². The summed E-state index contributed by atoms with van der Waals surface area (Å²) in [5.74, 6) is -1.23. The molecule has 42 heavy (non-hydrogen) atoms. The SMILES string of the molecule is O=C(CN1CN(c2ccccc2)C2(CCN(C(=O)Nc3cccc(F)c3)CC2)C1=O)NCc1cccc(C(F)(F)F)c1. The van der Waals surface area contributed by atoms with Crippen LogP contribution in [0, 0.1) is 5.82 Å². The van der Waals surface area contributed by atoms with Gasteiger partial charge in [0.25, 0.3) is 5.91 Å². The fourth-order valence-electron chi connectivity index (χ4n) is 5.46. The molecule has 8 nitrogen and oxygen atoms in total. The highest BCUT2D eigenvalue weighted by Crippen LogP contribution is 2.39. The number of anilines is 2. The Balaban J connectivity index is 1.26. The molecule has 2 saturated heterocycles. The second-order valence-electron chi connectivity index (χ2n) is 10.3. The molecule has 12 heteroatoms. The summed E-state index contributed by atoms with van der Waals surface area (Å²) in [5, 5.41) is 5.30. The number of rotatable bonds is 6. The van der Waals surface area contributed by atoms with E-state index in [1.165, 1.54) is 35.2 Å². The summed E-state index contributed by atoms with van der Waals surface area (Å²) in [4.78, 5) is 44.5. The molecular formula is C30H29F4N5O3. The molecule has 5 rings (SSSR count). The number of hydrogen-bond acceptors (Lipinski definition) is 4. The van der Waals surface area contributed by atoms with Gasteiger partial charge in [0.15, 0.2) is 0 Å². The number of nitrogens with one attached hydrogen (secondary N) is 2. The molecule has 220 valence electrons. The standard InChI is InChI=1S/C30H29F4N5O3/c31-23-8-5-9-24(17-23)36-28(42)37-14-12-29(13-15-37)27(41)38(20-39(29)25-10-2-1-3-11-25)19-26(40)35-18-21-6-4-7-22(16-21)30(32,33)34/h1-11,16-17H,12-15,18-20H2,(H,35,40)(H,36,42). The molecule has 0 saturated carbocycles. The van der Waals surface area contributed by atoms with Gasteiger partial charge in [-0.15, -0.1) is 0 Å². The van der Waals surface area contributed by atoms with Crippen molar-refractivity contribution in [3.05, 3.63) is 95.8 Å². The van der Waals surface area contributed by atoms with Crippen LogP contribution in [0.2, 0.25) is 0 Å². The maximum absolute atomic E-state index is 13.9. The molecule has 2 aliphatic rings. The number of benzene rings is 3. The Bertz CT molecular complexity index is 1460. The number of amides is 4. The van der Waals surface area contributed by atoms with Crippen molar-refractivity contribution in [3.63, 3.8) is 0 Å². The molecule has 2 fully saturated rings. The van der Waals surface area contributed by atoms with E-state index in [0.717, 1.165) is 17.8 Å². The van der Waals surface area contributed by atoms with Crippen molar-refractivity contribution < 1.29 is 31.9 Å². The maximum Gasteiger partial charge on any atom is 0.416 e. The first-order valence-electron chi connectivity index (χ1n) is 13.4. The number of nitrogens with zero attached hydrogens (tertiary/aromatic N) is 3. The van der Waals surface area contributed by atoms with Gasteiger partial charge in [-0.2, -0.15) is 13.2 Å². The third kappa shape index (κ3) is 6.17. The van der Waals surface area contributed by atoms with Gasteiger partial charge in [0.2, 0.25) is 5.91 Å². The van der Waals surface area contributed by atoms with Crippen molar-refractivity contribution in [2.24, 2.45) is 0 Å². The number of carbonyl (C=O) groups is 3. The maximum atomic E-state index is 13.9. The fraction of sp³-hybridized carbons (Fsp3) is 0.300. The van der Waals surface area contributed by atoms with Crippen molar-refractivity contribution in [1.82, 2.24) is 15.1 Å². The minimum atomic E-state index is -4.49. The number of likely N-dealkylation sites (tertiary alicyclic amines) is 1. The minimum Gasteiger partial charge on any atom is -0.350 e. The fourth-order valence-corrected chi connectivity index (χ4v) is 5.46. The van der Waals surface area contributed by atoms with E-state index in [1.54, 1.807) is 11.0 Å². The van der Waals surface area contributed by atoms with Gasteiger partial charge in [-0.25, -0.2) is 9.18 Å². The van der Waals surface area contributed by atoms with Crippen molar-refractivity contribution in [1.29, 1.82) is 0 Å². The normalized spacial score (nSPS) is 16.6. The summed E-state index contributed by atoms with van der Waals surface area (Å²) in [5.41, 5.74) is -0.392. The van der Waals surface area contributed by atoms with Crippen LogP contribution in [0.5, 0.6) is 0 Å². The van der Waals surface area contributed by atoms with Crippen molar-refractivity contribution >= 4 is 29.2 Å². The molecule has 0 bridgehead atoms. The van der Waals surface area contributed by atoms with Crippen LogP contribution >= 0.6 is 0 Å². The first kappa shape index (κ1) is 28.9. The topological polar surface area (TPSA) is 85.0 Å². The Morgan fingerprint density at radius 2 is 1.62 bits per heavy atom. The average Bonchev–Trinajstić information content (AvgIpc) is 3.22. The monoisotopic (exact) mass is 583 g/mol. The number of hydrogen-bond donors (Lipinski definition) is 2. The van der Waals surface area contributed by atoms with Gasteiger partial charge in [0.1, 0.15) is 17.9 Å². The summed E-state index contributed by atoms with van der Waals surface area (Å²) in [7, 11) is 0. The van der Waals surface area contributed by atoms with E-state index in [0.29, 0.717) is 18.5 Å². The van der Waals surface area contributed by atoms with Gasteiger partial charge < -0.3 is 25.3 Å². The number of halogens is 4. The van der Waals surface area contributed by atoms with Gasteiger partial charge in [-0.1, -0.05) is 36.4 Å². The minimum absolute atomic E-state index is 0.117. The lowest BCUT2D eigenvalue weighted by Gasteiger charge is -2.43. The highest BCUT2D eigenvalue weighted by molar-refractivity contribution is 5.97. The molecule has 1 spiro atoms. The molecule has 3 aromatic rings. The summed E-state index contributed by atoms with van der Waals surface area (Å²) in [6.07, 6.45) is -3.88. The van der Waals surface area contributed by atoms with E-state index < -0.39 is 35.0 Å². The summed E-state index contributed by atoms with van der Waals surface area (Å²) in [6.45, 7) is 0.257. The van der Waals surface area contributed by atoms with E-state index in [2.05, 4.69) is 10.6 Å². The zero-order valence-electron chi connectivity index (χ0n) is 22.5. The largest absolute Gasteiger partial charge is 0.416 e. The second kappa shape index (κ2) is 11.7. The highest BCUT2D eigenvalue weighted by Gasteiger charge is 2.54.